The molecule has 0 unspecified atom stereocenters. The van der Waals surface area contributed by atoms with Gasteiger partial charge in [-0.1, -0.05) is 17.7 Å². The Morgan fingerprint density at radius 1 is 1.19 bits per heavy atom. The summed E-state index contributed by atoms with van der Waals surface area (Å²) in [6, 6.07) is 8.93. The first-order valence-corrected chi connectivity index (χ1v) is 9.99. The average Bonchev–Trinajstić information content (AvgIpc) is 2.61. The predicted octanol–water partition coefficient (Wildman–Crippen LogP) is 1.06. The number of carbonyl (C=O) groups is 1. The minimum absolute atomic E-state index is 0.147. The Hall–Kier alpha value is -1.95. The van der Waals surface area contributed by atoms with E-state index >= 15 is 0 Å². The Kier molecular flexibility index (Phi) is 6.06. The lowest BCUT2D eigenvalue weighted by molar-refractivity contribution is -0.134. The number of rotatable bonds is 5. The molecule has 0 radical (unpaired) electrons. The molecule has 0 N–H and O–H groups in total. The third kappa shape index (κ3) is 4.41. The molecule has 7 nitrogen and oxygen atoms in total. The van der Waals surface area contributed by atoms with Crippen LogP contribution in [0.1, 0.15) is 19.4 Å². The lowest BCUT2D eigenvalue weighted by Gasteiger charge is -2.36. The van der Waals surface area contributed by atoms with E-state index in [1.165, 1.54) is 9.21 Å². The average molecular weight is 378 g/mol. The van der Waals surface area contributed by atoms with Crippen LogP contribution < -0.4 is 0 Å². The van der Waals surface area contributed by atoms with Gasteiger partial charge in [-0.2, -0.15) is 9.57 Å². The summed E-state index contributed by atoms with van der Waals surface area (Å²) in [5.74, 6) is -0.147. The first-order chi connectivity index (χ1) is 12.1. The second kappa shape index (κ2) is 7.74. The molecule has 1 aromatic rings. The molecule has 8 heteroatoms. The predicted molar refractivity (Wildman–Crippen MR) is 98.8 cm³/mol. The van der Waals surface area contributed by atoms with Crippen molar-refractivity contribution in [3.05, 3.63) is 29.8 Å². The Labute approximate surface area is 155 Å². The molecule has 1 amide bonds. The molecule has 1 aliphatic rings. The Balaban J connectivity index is 1.96. The zero-order valence-corrected chi connectivity index (χ0v) is 16.6. The van der Waals surface area contributed by atoms with Gasteiger partial charge in [0.15, 0.2) is 0 Å². The summed E-state index contributed by atoms with van der Waals surface area (Å²) in [4.78, 5) is 16.0. The van der Waals surface area contributed by atoms with E-state index in [-0.39, 0.29) is 12.5 Å². The van der Waals surface area contributed by atoms with Gasteiger partial charge in [0.05, 0.1) is 17.5 Å². The van der Waals surface area contributed by atoms with Crippen LogP contribution in [0.2, 0.25) is 0 Å². The van der Waals surface area contributed by atoms with E-state index in [0.717, 1.165) is 5.56 Å². The third-order valence-electron chi connectivity index (χ3n) is 4.84. The quantitative estimate of drug-likeness (QED) is 0.765. The van der Waals surface area contributed by atoms with Gasteiger partial charge in [-0.3, -0.25) is 9.69 Å². The van der Waals surface area contributed by atoms with Crippen LogP contribution in [-0.2, 0) is 14.8 Å². The van der Waals surface area contributed by atoms with E-state index in [1.807, 2.05) is 11.8 Å². The lowest BCUT2D eigenvalue weighted by atomic mass is 10.1. The van der Waals surface area contributed by atoms with Gasteiger partial charge in [0.1, 0.15) is 5.54 Å². The molecule has 1 aliphatic heterocycles. The smallest absolute Gasteiger partial charge is 0.243 e. The molecule has 1 saturated heterocycles. The van der Waals surface area contributed by atoms with E-state index in [1.54, 1.807) is 45.2 Å². The molecule has 0 atom stereocenters. The highest BCUT2D eigenvalue weighted by molar-refractivity contribution is 7.89. The molecule has 1 aromatic carbocycles. The van der Waals surface area contributed by atoms with Crippen molar-refractivity contribution >= 4 is 15.9 Å². The number of hydrogen-bond acceptors (Lipinski definition) is 5. The summed E-state index contributed by atoms with van der Waals surface area (Å²) in [5, 5.41) is 9.14. The highest BCUT2D eigenvalue weighted by Gasteiger charge is 2.31. The number of nitrogens with zero attached hydrogens (tertiary/aromatic N) is 4. The zero-order valence-electron chi connectivity index (χ0n) is 15.8. The summed E-state index contributed by atoms with van der Waals surface area (Å²) < 4.78 is 26.9. The number of nitriles is 1. The normalized spacial score (nSPS) is 16.9. The molecule has 2 rings (SSSR count). The first kappa shape index (κ1) is 20.4. The number of carbonyl (C=O) groups excluding carboxylic acids is 1. The SMILES string of the molecule is Cc1ccc(S(=O)(=O)N2CCN(CC(=O)N(C)C(C)(C)C#N)CC2)cc1. The van der Waals surface area contributed by atoms with E-state index in [2.05, 4.69) is 6.07 Å². The largest absolute Gasteiger partial charge is 0.326 e. The maximum Gasteiger partial charge on any atom is 0.243 e. The molecule has 1 heterocycles. The molecule has 142 valence electrons. The number of sulfonamides is 1. The zero-order chi connectivity index (χ0) is 19.5. The molecular formula is C18H26N4O3S. The van der Waals surface area contributed by atoms with Crippen LogP contribution in [0, 0.1) is 18.3 Å². The highest BCUT2D eigenvalue weighted by Crippen LogP contribution is 2.18. The summed E-state index contributed by atoms with van der Waals surface area (Å²) in [5.41, 5.74) is 0.143. The van der Waals surface area contributed by atoms with Crippen molar-refractivity contribution in [2.75, 3.05) is 39.8 Å². The molecule has 0 saturated carbocycles. The second-order valence-electron chi connectivity index (χ2n) is 7.12. The van der Waals surface area contributed by atoms with Crippen LogP contribution >= 0.6 is 0 Å². The van der Waals surface area contributed by atoms with Crippen molar-refractivity contribution < 1.29 is 13.2 Å². The number of likely N-dealkylation sites (N-methyl/N-ethyl adjacent to an activating group) is 1. The highest BCUT2D eigenvalue weighted by atomic mass is 32.2. The van der Waals surface area contributed by atoms with E-state index in [4.69, 9.17) is 5.26 Å². The second-order valence-corrected chi connectivity index (χ2v) is 9.05. The van der Waals surface area contributed by atoms with Crippen LogP contribution in [0.3, 0.4) is 0 Å². The molecule has 0 aliphatic carbocycles. The topological polar surface area (TPSA) is 84.7 Å². The fraction of sp³-hybridized carbons (Fsp3) is 0.556. The minimum Gasteiger partial charge on any atom is -0.326 e. The van der Waals surface area contributed by atoms with Gasteiger partial charge in [-0.05, 0) is 32.9 Å². The molecule has 26 heavy (non-hydrogen) atoms. The number of aryl methyl sites for hydroxylation is 1. The summed E-state index contributed by atoms with van der Waals surface area (Å²) in [6.07, 6.45) is 0. The van der Waals surface area contributed by atoms with Gasteiger partial charge in [0, 0.05) is 33.2 Å². The van der Waals surface area contributed by atoms with Crippen molar-refractivity contribution in [1.29, 1.82) is 5.26 Å². The summed E-state index contributed by atoms with van der Waals surface area (Å²) in [7, 11) is -1.89. The van der Waals surface area contributed by atoms with Crippen LogP contribution in [0.25, 0.3) is 0 Å². The van der Waals surface area contributed by atoms with Gasteiger partial charge in [0.25, 0.3) is 0 Å². The van der Waals surface area contributed by atoms with Crippen LogP contribution in [0.15, 0.2) is 29.2 Å². The van der Waals surface area contributed by atoms with Gasteiger partial charge in [-0.25, -0.2) is 8.42 Å². The van der Waals surface area contributed by atoms with Crippen molar-refractivity contribution in [2.24, 2.45) is 0 Å². The van der Waals surface area contributed by atoms with Gasteiger partial charge in [-0.15, -0.1) is 0 Å². The Morgan fingerprint density at radius 2 is 1.73 bits per heavy atom. The van der Waals surface area contributed by atoms with Crippen LogP contribution in [0.4, 0.5) is 0 Å². The molecular weight excluding hydrogens is 352 g/mol. The molecule has 0 aromatic heterocycles. The molecule has 0 spiro atoms. The van der Waals surface area contributed by atoms with Crippen molar-refractivity contribution in [1.82, 2.24) is 14.1 Å². The van der Waals surface area contributed by atoms with Crippen molar-refractivity contribution in [3.63, 3.8) is 0 Å². The first-order valence-electron chi connectivity index (χ1n) is 8.55. The van der Waals surface area contributed by atoms with E-state index in [0.29, 0.717) is 31.1 Å². The maximum absolute atomic E-state index is 12.7. The monoisotopic (exact) mass is 378 g/mol. The number of hydrogen-bond donors (Lipinski definition) is 0. The summed E-state index contributed by atoms with van der Waals surface area (Å²) in [6.45, 7) is 7.13. The third-order valence-corrected chi connectivity index (χ3v) is 6.75. The van der Waals surface area contributed by atoms with E-state index < -0.39 is 15.6 Å². The summed E-state index contributed by atoms with van der Waals surface area (Å²) >= 11 is 0. The number of piperazine rings is 1. The number of amides is 1. The minimum atomic E-state index is -3.51. The van der Waals surface area contributed by atoms with Gasteiger partial charge in [0.2, 0.25) is 15.9 Å². The van der Waals surface area contributed by atoms with Gasteiger partial charge >= 0.3 is 0 Å². The Bertz CT molecular complexity index is 789. The van der Waals surface area contributed by atoms with Crippen molar-refractivity contribution in [2.45, 2.75) is 31.2 Å². The van der Waals surface area contributed by atoms with Crippen LogP contribution in [0.5, 0.6) is 0 Å². The van der Waals surface area contributed by atoms with Crippen LogP contribution in [-0.4, -0.2) is 73.7 Å². The Morgan fingerprint density at radius 3 is 2.23 bits per heavy atom. The maximum atomic E-state index is 12.7. The van der Waals surface area contributed by atoms with Gasteiger partial charge < -0.3 is 4.90 Å². The van der Waals surface area contributed by atoms with Crippen molar-refractivity contribution in [3.8, 4) is 6.07 Å². The number of benzene rings is 1. The molecule has 0 bridgehead atoms. The standard InChI is InChI=1S/C18H26N4O3S/c1-15-5-7-16(8-6-15)26(24,25)22-11-9-21(10-12-22)13-17(23)20(4)18(2,3)14-19/h5-8H,9-13H2,1-4H3. The molecule has 1 fully saturated rings. The fourth-order valence-electron chi connectivity index (χ4n) is 2.67. The fourth-order valence-corrected chi connectivity index (χ4v) is 4.09. The lowest BCUT2D eigenvalue weighted by Crippen LogP contribution is -2.53. The van der Waals surface area contributed by atoms with E-state index in [9.17, 15) is 13.2 Å².